The second kappa shape index (κ2) is 10.2. The molecule has 1 aromatic rings. The minimum absolute atomic E-state index is 0.0452. The van der Waals surface area contributed by atoms with Crippen LogP contribution < -0.4 is 10.1 Å². The Bertz CT molecular complexity index is 622. The maximum atomic E-state index is 6.18. The molecule has 6 nitrogen and oxygen atoms in total. The Balaban J connectivity index is 1.55. The minimum atomic E-state index is -0.0452. The van der Waals surface area contributed by atoms with Gasteiger partial charge < -0.3 is 19.7 Å². The molecule has 27 heavy (non-hydrogen) atoms. The number of morpholine rings is 1. The molecule has 0 aromatic heterocycles. The van der Waals surface area contributed by atoms with Gasteiger partial charge in [0.1, 0.15) is 11.9 Å². The number of rotatable bonds is 6. The molecule has 2 saturated heterocycles. The molecule has 0 radical (unpaired) electrons. The van der Waals surface area contributed by atoms with Crippen molar-refractivity contribution >= 4 is 17.6 Å². The first-order chi connectivity index (χ1) is 13.2. The van der Waals surface area contributed by atoms with Crippen LogP contribution in [-0.2, 0) is 4.74 Å². The third kappa shape index (κ3) is 5.74. The molecule has 0 saturated carbocycles. The highest BCUT2D eigenvalue weighted by Gasteiger charge is 2.30. The van der Waals surface area contributed by atoms with Crippen LogP contribution in [0.3, 0.4) is 0 Å². The van der Waals surface area contributed by atoms with E-state index in [1.54, 1.807) is 0 Å². The monoisotopic (exact) mass is 394 g/mol. The quantitative estimate of drug-likeness (QED) is 0.593. The largest absolute Gasteiger partial charge is 0.487 e. The average molecular weight is 395 g/mol. The fourth-order valence-corrected chi connectivity index (χ4v) is 3.79. The molecule has 2 atom stereocenters. The van der Waals surface area contributed by atoms with E-state index in [9.17, 15) is 0 Å². The van der Waals surface area contributed by atoms with E-state index in [4.69, 9.17) is 26.1 Å². The second-order valence-electron chi connectivity index (χ2n) is 7.09. The van der Waals surface area contributed by atoms with Gasteiger partial charge in [-0.15, -0.1) is 0 Å². The molecule has 0 spiro atoms. The lowest BCUT2D eigenvalue weighted by molar-refractivity contribution is 0.0195. The van der Waals surface area contributed by atoms with Crippen LogP contribution in [0.15, 0.2) is 29.3 Å². The van der Waals surface area contributed by atoms with E-state index in [2.05, 4.69) is 22.0 Å². The first kappa shape index (κ1) is 20.2. The van der Waals surface area contributed by atoms with E-state index in [-0.39, 0.29) is 6.10 Å². The number of likely N-dealkylation sites (tertiary alicyclic amines) is 1. The van der Waals surface area contributed by atoms with E-state index >= 15 is 0 Å². The van der Waals surface area contributed by atoms with E-state index in [1.165, 1.54) is 6.42 Å². The maximum absolute atomic E-state index is 6.18. The Kier molecular flexibility index (Phi) is 7.61. The van der Waals surface area contributed by atoms with Crippen LogP contribution in [-0.4, -0.2) is 80.4 Å². The van der Waals surface area contributed by atoms with Crippen molar-refractivity contribution in [2.24, 2.45) is 4.99 Å². The lowest BCUT2D eigenvalue weighted by Crippen LogP contribution is -2.46. The zero-order chi connectivity index (χ0) is 19.1. The summed E-state index contributed by atoms with van der Waals surface area (Å²) < 4.78 is 11.4. The Morgan fingerprint density at radius 1 is 1.33 bits per heavy atom. The predicted octanol–water partition coefficient (Wildman–Crippen LogP) is 2.48. The smallest absolute Gasteiger partial charge is 0.194 e. The van der Waals surface area contributed by atoms with E-state index < -0.39 is 0 Å². The summed E-state index contributed by atoms with van der Waals surface area (Å²) in [6.45, 7) is 11.4. The molecule has 1 N–H and O–H groups in total. The molecule has 150 valence electrons. The lowest BCUT2D eigenvalue weighted by Gasteiger charge is -2.32. The number of para-hydroxylation sites is 1. The Labute approximate surface area is 167 Å². The van der Waals surface area contributed by atoms with Gasteiger partial charge in [-0.1, -0.05) is 23.7 Å². The zero-order valence-electron chi connectivity index (χ0n) is 16.4. The molecule has 2 aliphatic rings. The topological polar surface area (TPSA) is 49.3 Å². The number of ether oxygens (including phenoxy) is 2. The minimum Gasteiger partial charge on any atom is -0.487 e. The van der Waals surface area contributed by atoms with Gasteiger partial charge in [0.2, 0.25) is 0 Å². The molecule has 2 aliphatic heterocycles. The number of hydrogen-bond donors (Lipinski definition) is 1. The fraction of sp³-hybridized carbons (Fsp3) is 0.650. The van der Waals surface area contributed by atoms with E-state index in [1.807, 2.05) is 31.2 Å². The molecule has 1 aromatic carbocycles. The van der Waals surface area contributed by atoms with Crippen LogP contribution in [0.2, 0.25) is 5.02 Å². The van der Waals surface area contributed by atoms with Crippen LogP contribution in [0.1, 0.15) is 20.3 Å². The number of guanidine groups is 1. The van der Waals surface area contributed by atoms with Crippen molar-refractivity contribution in [3.63, 3.8) is 0 Å². The van der Waals surface area contributed by atoms with Crippen LogP contribution in [0.5, 0.6) is 5.75 Å². The number of nitrogens with zero attached hydrogens (tertiary/aromatic N) is 3. The number of nitrogens with one attached hydrogen (secondary N) is 1. The van der Waals surface area contributed by atoms with Crippen molar-refractivity contribution in [1.29, 1.82) is 0 Å². The van der Waals surface area contributed by atoms with Crippen molar-refractivity contribution in [3.05, 3.63) is 29.3 Å². The van der Waals surface area contributed by atoms with Gasteiger partial charge in [0.25, 0.3) is 0 Å². The van der Waals surface area contributed by atoms with Crippen LogP contribution in [0.4, 0.5) is 0 Å². The summed E-state index contributed by atoms with van der Waals surface area (Å²) in [5.74, 6) is 1.68. The van der Waals surface area contributed by atoms with Crippen molar-refractivity contribution < 1.29 is 9.47 Å². The highest BCUT2D eigenvalue weighted by atomic mass is 35.5. The second-order valence-corrected chi connectivity index (χ2v) is 7.50. The number of halogens is 1. The summed E-state index contributed by atoms with van der Waals surface area (Å²) in [6, 6.07) is 8.15. The molecule has 2 unspecified atom stereocenters. The molecule has 3 rings (SSSR count). The Hall–Kier alpha value is -1.50. The summed E-state index contributed by atoms with van der Waals surface area (Å²) in [5.41, 5.74) is 0. The number of aliphatic imine (C=N–C) groups is 1. The summed E-state index contributed by atoms with van der Waals surface area (Å²) >= 11 is 6.18. The third-order valence-corrected chi connectivity index (χ3v) is 5.34. The normalized spacial score (nSPS) is 22.7. The predicted molar refractivity (Wildman–Crippen MR) is 110 cm³/mol. The van der Waals surface area contributed by atoms with Gasteiger partial charge in [-0.05, 0) is 32.4 Å². The maximum Gasteiger partial charge on any atom is 0.194 e. The molecule has 2 fully saturated rings. The molecular weight excluding hydrogens is 364 g/mol. The third-order valence-electron chi connectivity index (χ3n) is 5.02. The van der Waals surface area contributed by atoms with Gasteiger partial charge >= 0.3 is 0 Å². The van der Waals surface area contributed by atoms with E-state index in [0.29, 0.717) is 23.4 Å². The molecule has 0 amide bonds. The fourth-order valence-electron chi connectivity index (χ4n) is 3.61. The molecular formula is C20H31ClN4O2. The van der Waals surface area contributed by atoms with Crippen LogP contribution in [0.25, 0.3) is 0 Å². The van der Waals surface area contributed by atoms with Gasteiger partial charge in [-0.2, -0.15) is 0 Å². The van der Waals surface area contributed by atoms with Crippen LogP contribution >= 0.6 is 11.6 Å². The van der Waals surface area contributed by atoms with Crippen molar-refractivity contribution in [2.75, 3.05) is 52.5 Å². The standard InChI is InChI=1S/C20H31ClN4O2/c1-3-22-20(23-14-16(2)27-19-7-5-4-6-18(19)21)25-9-8-17(15-25)24-10-12-26-13-11-24/h4-7,16-17H,3,8-15H2,1-2H3,(H,22,23). The highest BCUT2D eigenvalue weighted by Crippen LogP contribution is 2.24. The number of benzene rings is 1. The van der Waals surface area contributed by atoms with Gasteiger partial charge in [-0.3, -0.25) is 4.90 Å². The van der Waals surface area contributed by atoms with E-state index in [0.717, 1.165) is 51.9 Å². The zero-order valence-corrected chi connectivity index (χ0v) is 17.1. The Morgan fingerprint density at radius 2 is 2.11 bits per heavy atom. The summed E-state index contributed by atoms with van der Waals surface area (Å²) in [6.07, 6.45) is 1.13. The molecule has 2 heterocycles. The van der Waals surface area contributed by atoms with Gasteiger partial charge in [0.05, 0.1) is 24.8 Å². The summed E-state index contributed by atoms with van der Waals surface area (Å²) in [4.78, 5) is 9.74. The van der Waals surface area contributed by atoms with Crippen molar-refractivity contribution in [3.8, 4) is 5.75 Å². The first-order valence-electron chi connectivity index (χ1n) is 9.93. The lowest BCUT2D eigenvalue weighted by atomic mass is 10.2. The van der Waals surface area contributed by atoms with Crippen molar-refractivity contribution in [1.82, 2.24) is 15.1 Å². The molecule has 7 heteroatoms. The Morgan fingerprint density at radius 3 is 2.85 bits per heavy atom. The first-order valence-corrected chi connectivity index (χ1v) is 10.3. The van der Waals surface area contributed by atoms with Crippen LogP contribution in [0, 0.1) is 0 Å². The average Bonchev–Trinajstić information content (AvgIpc) is 3.18. The SMILES string of the molecule is CCNC(=NCC(C)Oc1ccccc1Cl)N1CCC(N2CCOCC2)C1. The van der Waals surface area contributed by atoms with Gasteiger partial charge in [0, 0.05) is 38.8 Å². The highest BCUT2D eigenvalue weighted by molar-refractivity contribution is 6.32. The number of hydrogen-bond acceptors (Lipinski definition) is 4. The van der Waals surface area contributed by atoms with Gasteiger partial charge in [0.15, 0.2) is 5.96 Å². The summed E-state index contributed by atoms with van der Waals surface area (Å²) in [7, 11) is 0. The van der Waals surface area contributed by atoms with Crippen molar-refractivity contribution in [2.45, 2.75) is 32.4 Å². The molecule has 0 bridgehead atoms. The van der Waals surface area contributed by atoms with Gasteiger partial charge in [-0.25, -0.2) is 4.99 Å². The summed E-state index contributed by atoms with van der Waals surface area (Å²) in [5, 5.41) is 4.06. The molecule has 0 aliphatic carbocycles.